The number of aliphatic hydroxyl groups excluding tert-OH is 1. The fourth-order valence-corrected chi connectivity index (χ4v) is 3.72. The van der Waals surface area contributed by atoms with E-state index in [0.29, 0.717) is 24.3 Å². The second-order valence-electron chi connectivity index (χ2n) is 6.63. The molecule has 3 rings (SSSR count). The Bertz CT molecular complexity index is 531. The van der Waals surface area contributed by atoms with Gasteiger partial charge in [-0.2, -0.15) is 0 Å². The maximum atomic E-state index is 13.1. The molecule has 0 bridgehead atoms. The molecular formula is C18H25ClFNO3. The molecule has 1 N–H and O–H groups in total. The van der Waals surface area contributed by atoms with E-state index in [2.05, 4.69) is 4.90 Å². The van der Waals surface area contributed by atoms with Crippen molar-refractivity contribution in [3.8, 4) is 0 Å². The molecule has 2 fully saturated rings. The Labute approximate surface area is 147 Å². The molecule has 2 saturated heterocycles. The molecule has 0 aliphatic carbocycles. The second-order valence-corrected chi connectivity index (χ2v) is 7.04. The summed E-state index contributed by atoms with van der Waals surface area (Å²) in [6.45, 7) is 3.89. The fraction of sp³-hybridized carbons (Fsp3) is 0.667. The number of hydrogen-bond donors (Lipinski definition) is 1. The van der Waals surface area contributed by atoms with Crippen molar-refractivity contribution in [3.63, 3.8) is 0 Å². The Kier molecular flexibility index (Phi) is 6.47. The minimum Gasteiger partial charge on any atom is -0.387 e. The first-order chi connectivity index (χ1) is 11.6. The van der Waals surface area contributed by atoms with Crippen LogP contribution in [0, 0.1) is 5.82 Å². The van der Waals surface area contributed by atoms with Gasteiger partial charge in [-0.1, -0.05) is 17.7 Å². The maximum absolute atomic E-state index is 13.1. The lowest BCUT2D eigenvalue weighted by Crippen LogP contribution is -2.41. The Balaban J connectivity index is 1.44. The Morgan fingerprint density at radius 2 is 1.88 bits per heavy atom. The molecular weight excluding hydrogens is 333 g/mol. The highest BCUT2D eigenvalue weighted by Crippen LogP contribution is 2.26. The summed E-state index contributed by atoms with van der Waals surface area (Å²) in [6.07, 6.45) is 3.85. The van der Waals surface area contributed by atoms with Crippen LogP contribution in [0.25, 0.3) is 0 Å². The maximum Gasteiger partial charge on any atom is 0.124 e. The van der Waals surface area contributed by atoms with Gasteiger partial charge in [0.2, 0.25) is 0 Å². The molecule has 1 atom stereocenters. The molecule has 0 saturated carbocycles. The summed E-state index contributed by atoms with van der Waals surface area (Å²) >= 11 is 6.02. The van der Waals surface area contributed by atoms with Gasteiger partial charge in [0.25, 0.3) is 0 Å². The van der Waals surface area contributed by atoms with E-state index in [1.807, 2.05) is 0 Å². The number of ether oxygens (including phenoxy) is 2. The van der Waals surface area contributed by atoms with E-state index < -0.39 is 6.10 Å². The van der Waals surface area contributed by atoms with Crippen molar-refractivity contribution in [3.05, 3.63) is 34.6 Å². The largest absolute Gasteiger partial charge is 0.387 e. The van der Waals surface area contributed by atoms with Gasteiger partial charge >= 0.3 is 0 Å². The van der Waals surface area contributed by atoms with Gasteiger partial charge in [-0.05, 0) is 37.8 Å². The van der Waals surface area contributed by atoms with Gasteiger partial charge in [0.1, 0.15) is 5.82 Å². The number of aliphatic hydroxyl groups is 1. The summed E-state index contributed by atoms with van der Waals surface area (Å²) in [5, 5.41) is 10.7. The molecule has 2 aliphatic heterocycles. The molecule has 0 amide bonds. The smallest absolute Gasteiger partial charge is 0.124 e. The third kappa shape index (κ3) is 4.90. The van der Waals surface area contributed by atoms with Crippen molar-refractivity contribution in [1.29, 1.82) is 0 Å². The predicted octanol–water partition coefficient (Wildman–Crippen LogP) is 3.17. The van der Waals surface area contributed by atoms with Crippen molar-refractivity contribution in [2.75, 3.05) is 32.8 Å². The number of likely N-dealkylation sites (tertiary alicyclic amines) is 1. The molecule has 0 aromatic heterocycles. The van der Waals surface area contributed by atoms with Gasteiger partial charge in [-0.3, -0.25) is 0 Å². The number of nitrogens with zero attached hydrogens (tertiary/aromatic N) is 1. The summed E-state index contributed by atoms with van der Waals surface area (Å²) in [5.41, 5.74) is 0.582. The van der Waals surface area contributed by atoms with Crippen LogP contribution in [-0.4, -0.2) is 55.1 Å². The molecule has 6 heteroatoms. The van der Waals surface area contributed by atoms with Crippen molar-refractivity contribution in [2.45, 2.75) is 44.0 Å². The minimum atomic E-state index is -0.703. The van der Waals surface area contributed by atoms with Gasteiger partial charge in [0, 0.05) is 43.4 Å². The van der Waals surface area contributed by atoms with Gasteiger partial charge in [-0.25, -0.2) is 4.39 Å². The van der Waals surface area contributed by atoms with Gasteiger partial charge < -0.3 is 19.5 Å². The highest BCUT2D eigenvalue weighted by molar-refractivity contribution is 6.31. The van der Waals surface area contributed by atoms with E-state index in [4.69, 9.17) is 21.1 Å². The number of hydrogen-bond acceptors (Lipinski definition) is 4. The zero-order valence-electron chi connectivity index (χ0n) is 13.8. The van der Waals surface area contributed by atoms with Crippen LogP contribution in [0.2, 0.25) is 5.02 Å². The highest BCUT2D eigenvalue weighted by Gasteiger charge is 2.25. The van der Waals surface area contributed by atoms with E-state index >= 15 is 0 Å². The molecule has 134 valence electrons. The van der Waals surface area contributed by atoms with Crippen LogP contribution in [0.1, 0.15) is 37.4 Å². The molecule has 0 radical (unpaired) electrons. The first-order valence-electron chi connectivity index (χ1n) is 8.70. The standard InChI is InChI=1S/C18H25ClFNO3/c19-17-11-13(20)1-2-16(17)18(22)12-21-7-3-14(4-8-21)24-15-5-9-23-10-6-15/h1-2,11,14-15,18,22H,3-10,12H2. The van der Waals surface area contributed by atoms with Crippen LogP contribution in [0.5, 0.6) is 0 Å². The van der Waals surface area contributed by atoms with Crippen molar-refractivity contribution < 1.29 is 19.0 Å². The first kappa shape index (κ1) is 18.1. The normalized spacial score (nSPS) is 22.6. The fourth-order valence-electron chi connectivity index (χ4n) is 3.43. The second kappa shape index (κ2) is 8.59. The number of rotatable bonds is 5. The highest BCUT2D eigenvalue weighted by atomic mass is 35.5. The molecule has 2 heterocycles. The number of β-amino-alcohol motifs (C(OH)–C–C–N with tert-alkyl or cyclic N) is 1. The van der Waals surface area contributed by atoms with Crippen molar-refractivity contribution in [2.24, 2.45) is 0 Å². The average molecular weight is 358 g/mol. The summed E-state index contributed by atoms with van der Waals surface area (Å²) in [6, 6.07) is 4.13. The van der Waals surface area contributed by atoms with Crippen LogP contribution in [0.3, 0.4) is 0 Å². The minimum absolute atomic E-state index is 0.278. The first-order valence-corrected chi connectivity index (χ1v) is 9.08. The van der Waals surface area contributed by atoms with Crippen molar-refractivity contribution >= 4 is 11.6 Å². The summed E-state index contributed by atoms with van der Waals surface area (Å²) in [4.78, 5) is 2.22. The van der Waals surface area contributed by atoms with E-state index in [-0.39, 0.29) is 10.8 Å². The van der Waals surface area contributed by atoms with Crippen LogP contribution < -0.4 is 0 Å². The number of halogens is 2. The monoisotopic (exact) mass is 357 g/mol. The van der Waals surface area contributed by atoms with E-state index in [9.17, 15) is 9.50 Å². The molecule has 0 spiro atoms. The summed E-state index contributed by atoms with van der Waals surface area (Å²) in [5.74, 6) is -0.387. The summed E-state index contributed by atoms with van der Waals surface area (Å²) in [7, 11) is 0. The van der Waals surface area contributed by atoms with E-state index in [1.165, 1.54) is 12.1 Å². The van der Waals surface area contributed by atoms with Crippen LogP contribution in [-0.2, 0) is 9.47 Å². The molecule has 1 aromatic rings. The topological polar surface area (TPSA) is 41.9 Å². The van der Waals surface area contributed by atoms with E-state index in [0.717, 1.165) is 52.0 Å². The lowest BCUT2D eigenvalue weighted by atomic mass is 10.0. The van der Waals surface area contributed by atoms with Gasteiger partial charge in [0.05, 0.1) is 18.3 Å². The zero-order valence-corrected chi connectivity index (χ0v) is 14.6. The molecule has 1 aromatic carbocycles. The van der Waals surface area contributed by atoms with Crippen LogP contribution in [0.4, 0.5) is 4.39 Å². The Morgan fingerprint density at radius 1 is 1.21 bits per heavy atom. The predicted molar refractivity (Wildman–Crippen MR) is 90.8 cm³/mol. The Morgan fingerprint density at radius 3 is 2.54 bits per heavy atom. The van der Waals surface area contributed by atoms with Crippen LogP contribution in [0.15, 0.2) is 18.2 Å². The third-order valence-electron chi connectivity index (χ3n) is 4.84. The molecule has 24 heavy (non-hydrogen) atoms. The Hall–Kier alpha value is -0.720. The van der Waals surface area contributed by atoms with Gasteiger partial charge in [-0.15, -0.1) is 0 Å². The van der Waals surface area contributed by atoms with Crippen LogP contribution >= 0.6 is 11.6 Å². The SMILES string of the molecule is OC(CN1CCC(OC2CCOCC2)CC1)c1ccc(F)cc1Cl. The average Bonchev–Trinajstić information content (AvgIpc) is 2.57. The molecule has 2 aliphatic rings. The lowest BCUT2D eigenvalue weighted by molar-refractivity contribution is -0.0864. The molecule has 1 unspecified atom stereocenters. The number of benzene rings is 1. The quantitative estimate of drug-likeness (QED) is 0.879. The lowest BCUT2D eigenvalue weighted by Gasteiger charge is -2.35. The van der Waals surface area contributed by atoms with Crippen molar-refractivity contribution in [1.82, 2.24) is 4.90 Å². The zero-order chi connectivity index (χ0) is 16.9. The third-order valence-corrected chi connectivity index (χ3v) is 5.17. The molecule has 4 nitrogen and oxygen atoms in total. The van der Waals surface area contributed by atoms with Gasteiger partial charge in [0.15, 0.2) is 0 Å². The summed E-state index contributed by atoms with van der Waals surface area (Å²) < 4.78 is 24.6. The van der Waals surface area contributed by atoms with E-state index in [1.54, 1.807) is 6.07 Å². The number of piperidine rings is 1.